The van der Waals surface area contributed by atoms with Gasteiger partial charge < -0.3 is 14.8 Å². The zero-order valence-electron chi connectivity index (χ0n) is 12.5. The predicted octanol–water partition coefficient (Wildman–Crippen LogP) is 3.12. The summed E-state index contributed by atoms with van der Waals surface area (Å²) in [6.07, 6.45) is 3.66. The molecule has 0 saturated heterocycles. The predicted molar refractivity (Wildman–Crippen MR) is 78.4 cm³/mol. The Balaban J connectivity index is 2.27. The van der Waals surface area contributed by atoms with Crippen LogP contribution in [0.3, 0.4) is 0 Å². The van der Waals surface area contributed by atoms with E-state index in [1.807, 2.05) is 0 Å². The fourth-order valence-corrected chi connectivity index (χ4v) is 2.82. The summed E-state index contributed by atoms with van der Waals surface area (Å²) in [7, 11) is 3.40. The van der Waals surface area contributed by atoms with E-state index in [-0.39, 0.29) is 0 Å². The molecule has 1 atom stereocenters. The number of ether oxygens (including phenoxy) is 2. The third kappa shape index (κ3) is 3.21. The molecule has 1 aromatic rings. The molecule has 1 aromatic carbocycles. The highest BCUT2D eigenvalue weighted by molar-refractivity contribution is 5.49. The van der Waals surface area contributed by atoms with E-state index < -0.39 is 0 Å². The minimum atomic E-state index is 0.533. The number of hydrogen-bond donors (Lipinski definition) is 1. The molecule has 1 N–H and O–H groups in total. The summed E-state index contributed by atoms with van der Waals surface area (Å²) in [6, 6.07) is 4.85. The molecule has 0 radical (unpaired) electrons. The maximum absolute atomic E-state index is 5.43. The largest absolute Gasteiger partial charge is 0.493 e. The topological polar surface area (TPSA) is 30.5 Å². The normalized spacial score (nSPS) is 18.3. The lowest BCUT2D eigenvalue weighted by atomic mass is 9.82. The van der Waals surface area contributed by atoms with Crippen LogP contribution in [0.2, 0.25) is 0 Å². The molecular weight excluding hydrogens is 238 g/mol. The molecule has 0 bridgehead atoms. The SMILES string of the molecule is COc1cc2c(cc1OC)[C@@H](CNC(C)C)CCC2. The molecule has 0 saturated carbocycles. The molecule has 19 heavy (non-hydrogen) atoms. The Hall–Kier alpha value is -1.22. The van der Waals surface area contributed by atoms with Crippen LogP contribution in [0.5, 0.6) is 11.5 Å². The molecule has 0 unspecified atom stereocenters. The molecule has 1 aliphatic rings. The molecule has 3 nitrogen and oxygen atoms in total. The van der Waals surface area contributed by atoms with E-state index in [1.54, 1.807) is 14.2 Å². The number of hydrogen-bond acceptors (Lipinski definition) is 3. The van der Waals surface area contributed by atoms with Crippen molar-refractivity contribution in [1.29, 1.82) is 0 Å². The van der Waals surface area contributed by atoms with Gasteiger partial charge in [-0.05, 0) is 48.4 Å². The molecule has 2 rings (SSSR count). The molecule has 0 heterocycles. The van der Waals surface area contributed by atoms with Crippen molar-refractivity contribution in [3.05, 3.63) is 23.3 Å². The molecular formula is C16H25NO2. The summed E-state index contributed by atoms with van der Waals surface area (Å²) in [5.41, 5.74) is 2.84. The Kier molecular flexibility index (Phi) is 4.70. The van der Waals surface area contributed by atoms with Crippen molar-refractivity contribution in [3.8, 4) is 11.5 Å². The number of rotatable bonds is 5. The molecule has 0 aromatic heterocycles. The summed E-state index contributed by atoms with van der Waals surface area (Å²) in [6.45, 7) is 5.43. The molecule has 0 aliphatic heterocycles. The maximum atomic E-state index is 5.43. The Morgan fingerprint density at radius 1 is 1.21 bits per heavy atom. The second kappa shape index (κ2) is 6.29. The van der Waals surface area contributed by atoms with Crippen LogP contribution in [0, 0.1) is 0 Å². The lowest BCUT2D eigenvalue weighted by Gasteiger charge is -2.27. The number of nitrogens with one attached hydrogen (secondary N) is 1. The van der Waals surface area contributed by atoms with Crippen molar-refractivity contribution < 1.29 is 9.47 Å². The Bertz CT molecular complexity index is 429. The van der Waals surface area contributed by atoms with Crippen LogP contribution in [0.1, 0.15) is 43.7 Å². The van der Waals surface area contributed by atoms with Gasteiger partial charge in [-0.2, -0.15) is 0 Å². The van der Waals surface area contributed by atoms with E-state index in [0.29, 0.717) is 12.0 Å². The Morgan fingerprint density at radius 3 is 2.53 bits per heavy atom. The van der Waals surface area contributed by atoms with Gasteiger partial charge in [0.05, 0.1) is 14.2 Å². The maximum Gasteiger partial charge on any atom is 0.161 e. The van der Waals surface area contributed by atoms with Crippen LogP contribution in [0.15, 0.2) is 12.1 Å². The molecule has 0 amide bonds. The highest BCUT2D eigenvalue weighted by Crippen LogP contribution is 2.38. The molecule has 0 fully saturated rings. The number of methoxy groups -OCH3 is 2. The standard InChI is InChI=1S/C16H25NO2/c1-11(2)17-10-13-7-5-6-12-8-15(18-3)16(19-4)9-14(12)13/h8-9,11,13,17H,5-7,10H2,1-4H3/t13-/m1/s1. The van der Waals surface area contributed by atoms with Crippen LogP contribution < -0.4 is 14.8 Å². The van der Waals surface area contributed by atoms with Crippen LogP contribution in [-0.4, -0.2) is 26.8 Å². The molecule has 106 valence electrons. The van der Waals surface area contributed by atoms with Gasteiger partial charge in [0.1, 0.15) is 0 Å². The van der Waals surface area contributed by atoms with Gasteiger partial charge in [-0.25, -0.2) is 0 Å². The third-order valence-electron chi connectivity index (χ3n) is 3.86. The van der Waals surface area contributed by atoms with E-state index in [1.165, 1.54) is 24.0 Å². The van der Waals surface area contributed by atoms with E-state index in [9.17, 15) is 0 Å². The zero-order valence-corrected chi connectivity index (χ0v) is 12.5. The van der Waals surface area contributed by atoms with Crippen molar-refractivity contribution in [2.45, 2.75) is 45.1 Å². The first-order valence-electron chi connectivity index (χ1n) is 7.14. The summed E-state index contributed by atoms with van der Waals surface area (Å²) < 4.78 is 10.8. The zero-order chi connectivity index (χ0) is 13.8. The average Bonchev–Trinajstić information content (AvgIpc) is 2.43. The lowest BCUT2D eigenvalue weighted by molar-refractivity contribution is 0.352. The monoisotopic (exact) mass is 263 g/mol. The van der Waals surface area contributed by atoms with Crippen molar-refractivity contribution in [2.24, 2.45) is 0 Å². The first-order valence-corrected chi connectivity index (χ1v) is 7.14. The number of fused-ring (bicyclic) bond motifs is 1. The minimum absolute atomic E-state index is 0.533. The highest BCUT2D eigenvalue weighted by atomic mass is 16.5. The molecule has 3 heteroatoms. The van der Waals surface area contributed by atoms with Gasteiger partial charge in [0, 0.05) is 12.6 Å². The van der Waals surface area contributed by atoms with E-state index in [2.05, 4.69) is 31.3 Å². The average molecular weight is 263 g/mol. The molecule has 0 spiro atoms. The van der Waals surface area contributed by atoms with E-state index in [0.717, 1.165) is 24.5 Å². The highest BCUT2D eigenvalue weighted by Gasteiger charge is 2.22. The van der Waals surface area contributed by atoms with Crippen LogP contribution in [-0.2, 0) is 6.42 Å². The van der Waals surface area contributed by atoms with Crippen LogP contribution >= 0.6 is 0 Å². The van der Waals surface area contributed by atoms with Gasteiger partial charge in [0.15, 0.2) is 11.5 Å². The van der Waals surface area contributed by atoms with Gasteiger partial charge in [0.2, 0.25) is 0 Å². The minimum Gasteiger partial charge on any atom is -0.493 e. The van der Waals surface area contributed by atoms with Gasteiger partial charge in [-0.1, -0.05) is 13.8 Å². The summed E-state index contributed by atoms with van der Waals surface area (Å²) in [4.78, 5) is 0. The Labute approximate surface area is 116 Å². The van der Waals surface area contributed by atoms with Crippen LogP contribution in [0.4, 0.5) is 0 Å². The summed E-state index contributed by atoms with van der Waals surface area (Å²) in [5.74, 6) is 2.28. The van der Waals surface area contributed by atoms with Crippen molar-refractivity contribution in [1.82, 2.24) is 5.32 Å². The van der Waals surface area contributed by atoms with E-state index in [4.69, 9.17) is 9.47 Å². The van der Waals surface area contributed by atoms with Gasteiger partial charge >= 0.3 is 0 Å². The fraction of sp³-hybridized carbons (Fsp3) is 0.625. The second-order valence-electron chi connectivity index (χ2n) is 5.56. The Morgan fingerprint density at radius 2 is 1.89 bits per heavy atom. The quantitative estimate of drug-likeness (QED) is 0.885. The first-order chi connectivity index (χ1) is 9.15. The summed E-state index contributed by atoms with van der Waals surface area (Å²) >= 11 is 0. The second-order valence-corrected chi connectivity index (χ2v) is 5.56. The van der Waals surface area contributed by atoms with Crippen molar-refractivity contribution in [2.75, 3.05) is 20.8 Å². The molecule has 1 aliphatic carbocycles. The number of aryl methyl sites for hydroxylation is 1. The lowest BCUT2D eigenvalue weighted by Crippen LogP contribution is -2.29. The first kappa shape index (κ1) is 14.2. The van der Waals surface area contributed by atoms with E-state index >= 15 is 0 Å². The van der Waals surface area contributed by atoms with Crippen LogP contribution in [0.25, 0.3) is 0 Å². The summed E-state index contributed by atoms with van der Waals surface area (Å²) in [5, 5.41) is 3.55. The smallest absolute Gasteiger partial charge is 0.161 e. The number of benzene rings is 1. The van der Waals surface area contributed by atoms with Crippen molar-refractivity contribution in [3.63, 3.8) is 0 Å². The van der Waals surface area contributed by atoms with Gasteiger partial charge in [-0.15, -0.1) is 0 Å². The van der Waals surface area contributed by atoms with Gasteiger partial charge in [0.25, 0.3) is 0 Å². The fourth-order valence-electron chi connectivity index (χ4n) is 2.82. The third-order valence-corrected chi connectivity index (χ3v) is 3.86. The van der Waals surface area contributed by atoms with Gasteiger partial charge in [-0.3, -0.25) is 0 Å². The van der Waals surface area contributed by atoms with Crippen molar-refractivity contribution >= 4 is 0 Å².